The Labute approximate surface area is 109 Å². The molecule has 0 radical (unpaired) electrons. The van der Waals surface area contributed by atoms with Gasteiger partial charge in [-0.1, -0.05) is 0 Å². The minimum Gasteiger partial charge on any atom is -0.378 e. The fourth-order valence-corrected chi connectivity index (χ4v) is 2.54. The molecule has 2 amide bonds. The Kier molecular flexibility index (Phi) is 3.93. The van der Waals surface area contributed by atoms with Crippen LogP contribution in [0.4, 0.5) is 0 Å². The van der Waals surface area contributed by atoms with Gasteiger partial charge < -0.3 is 15.0 Å². The molecule has 2 rings (SSSR count). The van der Waals surface area contributed by atoms with Crippen LogP contribution in [0.15, 0.2) is 5.38 Å². The van der Waals surface area contributed by atoms with Gasteiger partial charge in [-0.3, -0.25) is 9.59 Å². The summed E-state index contributed by atoms with van der Waals surface area (Å²) in [6.07, 6.45) is 0.649. The lowest BCUT2D eigenvalue weighted by Crippen LogP contribution is -2.40. The number of nitrogens with one attached hydrogen (secondary N) is 1. The molecular weight excluding hydrogens is 254 g/mol. The molecule has 98 valence electrons. The first-order chi connectivity index (χ1) is 8.61. The van der Waals surface area contributed by atoms with E-state index < -0.39 is 6.04 Å². The number of hydrogen-bond acceptors (Lipinski definition) is 5. The average Bonchev–Trinajstić information content (AvgIpc) is 2.92. The van der Waals surface area contributed by atoms with Crippen LogP contribution in [0.25, 0.3) is 0 Å². The second-order valence-electron chi connectivity index (χ2n) is 4.13. The number of amides is 2. The number of likely N-dealkylation sites (N-methyl/N-ethyl adjacent to an activating group) is 1. The van der Waals surface area contributed by atoms with Crippen LogP contribution in [0.1, 0.15) is 21.9 Å². The van der Waals surface area contributed by atoms with Crippen LogP contribution in [0.2, 0.25) is 0 Å². The fourth-order valence-electron chi connectivity index (χ4n) is 1.79. The average molecular weight is 269 g/mol. The monoisotopic (exact) mass is 269 g/mol. The Morgan fingerprint density at radius 3 is 3.11 bits per heavy atom. The predicted octanol–water partition coefficient (Wildman–Crippen LogP) is 0.250. The van der Waals surface area contributed by atoms with Gasteiger partial charge in [0.2, 0.25) is 5.91 Å². The molecule has 1 aromatic rings. The number of methoxy groups -OCH3 is 1. The zero-order valence-electron chi connectivity index (χ0n) is 10.3. The standard InChI is InChI=1S/C11H15N3O3S/c1-14-4-3-7(11(14)16)13-10(15)8-6-18-9(12-8)5-17-2/h6-7H,3-5H2,1-2H3,(H,13,15)/t7-/m1/s1. The van der Waals surface area contributed by atoms with Crippen LogP contribution >= 0.6 is 11.3 Å². The van der Waals surface area contributed by atoms with Crippen molar-refractivity contribution >= 4 is 23.2 Å². The van der Waals surface area contributed by atoms with Crippen molar-refractivity contribution in [3.8, 4) is 0 Å². The number of nitrogens with zero attached hydrogens (tertiary/aromatic N) is 2. The molecule has 18 heavy (non-hydrogen) atoms. The van der Waals surface area contributed by atoms with Gasteiger partial charge in [0.1, 0.15) is 16.7 Å². The Morgan fingerprint density at radius 1 is 1.72 bits per heavy atom. The zero-order valence-corrected chi connectivity index (χ0v) is 11.1. The molecule has 1 aromatic heterocycles. The summed E-state index contributed by atoms with van der Waals surface area (Å²) in [5.74, 6) is -0.349. The van der Waals surface area contributed by atoms with Gasteiger partial charge >= 0.3 is 0 Å². The summed E-state index contributed by atoms with van der Waals surface area (Å²) >= 11 is 1.37. The van der Waals surface area contributed by atoms with Crippen molar-refractivity contribution in [1.29, 1.82) is 0 Å². The highest BCUT2D eigenvalue weighted by Crippen LogP contribution is 2.13. The third kappa shape index (κ3) is 2.68. The van der Waals surface area contributed by atoms with Gasteiger partial charge in [0.15, 0.2) is 0 Å². The Morgan fingerprint density at radius 2 is 2.50 bits per heavy atom. The fraction of sp³-hybridized carbons (Fsp3) is 0.545. The van der Waals surface area contributed by atoms with Crippen LogP contribution in [0, 0.1) is 0 Å². The molecule has 0 aromatic carbocycles. The number of aromatic nitrogens is 1. The number of hydrogen-bond donors (Lipinski definition) is 1. The van der Waals surface area contributed by atoms with E-state index in [0.717, 1.165) is 5.01 Å². The normalized spacial score (nSPS) is 19.3. The molecule has 0 unspecified atom stereocenters. The Bertz CT molecular complexity index is 460. The molecule has 7 heteroatoms. The molecule has 0 bridgehead atoms. The van der Waals surface area contributed by atoms with E-state index in [-0.39, 0.29) is 11.8 Å². The number of rotatable bonds is 4. The van der Waals surface area contributed by atoms with E-state index >= 15 is 0 Å². The van der Waals surface area contributed by atoms with Crippen LogP contribution in [-0.2, 0) is 16.1 Å². The lowest BCUT2D eigenvalue weighted by atomic mass is 10.2. The SMILES string of the molecule is COCc1nc(C(=O)N[C@@H]2CCN(C)C2=O)cs1. The number of likely N-dealkylation sites (tertiary alicyclic amines) is 1. The van der Waals surface area contributed by atoms with Crippen LogP contribution in [0.3, 0.4) is 0 Å². The summed E-state index contributed by atoms with van der Waals surface area (Å²) < 4.78 is 4.94. The summed E-state index contributed by atoms with van der Waals surface area (Å²) in [5.41, 5.74) is 0.342. The largest absolute Gasteiger partial charge is 0.378 e. The van der Waals surface area contributed by atoms with Gasteiger partial charge in [-0.05, 0) is 6.42 Å². The van der Waals surface area contributed by atoms with Crippen LogP contribution in [0.5, 0.6) is 0 Å². The molecule has 1 atom stereocenters. The minimum absolute atomic E-state index is 0.0457. The first kappa shape index (κ1) is 13.0. The molecule has 1 saturated heterocycles. The third-order valence-electron chi connectivity index (χ3n) is 2.79. The van der Waals surface area contributed by atoms with Crippen molar-refractivity contribution in [1.82, 2.24) is 15.2 Å². The summed E-state index contributed by atoms with van der Waals surface area (Å²) in [5, 5.41) is 5.13. The molecular formula is C11H15N3O3S. The summed E-state index contributed by atoms with van der Waals surface area (Å²) in [7, 11) is 3.31. The highest BCUT2D eigenvalue weighted by molar-refractivity contribution is 7.09. The predicted molar refractivity (Wildman–Crippen MR) is 66.3 cm³/mol. The van der Waals surface area contributed by atoms with Gasteiger partial charge in [-0.2, -0.15) is 0 Å². The lowest BCUT2D eigenvalue weighted by molar-refractivity contribution is -0.128. The minimum atomic E-state index is -0.421. The summed E-state index contributed by atoms with van der Waals surface area (Å²) in [6.45, 7) is 1.07. The Balaban J connectivity index is 1.97. The summed E-state index contributed by atoms with van der Waals surface area (Å²) in [6, 6.07) is -0.421. The highest BCUT2D eigenvalue weighted by Gasteiger charge is 2.30. The molecule has 1 aliphatic heterocycles. The van der Waals surface area contributed by atoms with E-state index in [4.69, 9.17) is 4.74 Å². The van der Waals surface area contributed by atoms with Crippen molar-refractivity contribution < 1.29 is 14.3 Å². The third-order valence-corrected chi connectivity index (χ3v) is 3.61. The van der Waals surface area contributed by atoms with Gasteiger partial charge in [0, 0.05) is 26.1 Å². The first-order valence-electron chi connectivity index (χ1n) is 5.61. The van der Waals surface area contributed by atoms with Crippen molar-refractivity contribution in [3.63, 3.8) is 0 Å². The maximum atomic E-state index is 11.9. The Hall–Kier alpha value is -1.47. The van der Waals surface area contributed by atoms with E-state index in [9.17, 15) is 9.59 Å². The molecule has 1 aliphatic rings. The van der Waals surface area contributed by atoms with Crippen LogP contribution < -0.4 is 5.32 Å². The van der Waals surface area contributed by atoms with Gasteiger partial charge in [-0.25, -0.2) is 4.98 Å². The molecule has 2 heterocycles. The lowest BCUT2D eigenvalue weighted by Gasteiger charge is -2.11. The van der Waals surface area contributed by atoms with Crippen LogP contribution in [-0.4, -0.2) is 48.4 Å². The van der Waals surface area contributed by atoms with E-state index in [1.165, 1.54) is 11.3 Å². The van der Waals surface area contributed by atoms with E-state index in [0.29, 0.717) is 25.3 Å². The molecule has 6 nitrogen and oxygen atoms in total. The topological polar surface area (TPSA) is 71.5 Å². The quantitative estimate of drug-likeness (QED) is 0.850. The maximum absolute atomic E-state index is 11.9. The van der Waals surface area contributed by atoms with Gasteiger partial charge in [0.05, 0.1) is 6.61 Å². The van der Waals surface area contributed by atoms with Crippen molar-refractivity contribution in [2.75, 3.05) is 20.7 Å². The molecule has 1 fully saturated rings. The van der Waals surface area contributed by atoms with Gasteiger partial charge in [0.25, 0.3) is 5.91 Å². The molecule has 0 saturated carbocycles. The smallest absolute Gasteiger partial charge is 0.271 e. The molecule has 0 aliphatic carbocycles. The number of thiazole rings is 1. The second-order valence-corrected chi connectivity index (χ2v) is 5.08. The number of carbonyl (C=O) groups is 2. The molecule has 1 N–H and O–H groups in total. The number of ether oxygens (including phenoxy) is 1. The maximum Gasteiger partial charge on any atom is 0.271 e. The van der Waals surface area contributed by atoms with E-state index in [1.54, 1.807) is 24.4 Å². The van der Waals surface area contributed by atoms with Crippen molar-refractivity contribution in [2.24, 2.45) is 0 Å². The van der Waals surface area contributed by atoms with Crippen molar-refractivity contribution in [2.45, 2.75) is 19.1 Å². The van der Waals surface area contributed by atoms with E-state index in [1.807, 2.05) is 0 Å². The second kappa shape index (κ2) is 5.45. The highest BCUT2D eigenvalue weighted by atomic mass is 32.1. The number of carbonyl (C=O) groups excluding carboxylic acids is 2. The van der Waals surface area contributed by atoms with Gasteiger partial charge in [-0.15, -0.1) is 11.3 Å². The summed E-state index contributed by atoms with van der Waals surface area (Å²) in [4.78, 5) is 29.3. The zero-order chi connectivity index (χ0) is 13.1. The molecule has 0 spiro atoms. The first-order valence-corrected chi connectivity index (χ1v) is 6.49. The van der Waals surface area contributed by atoms with E-state index in [2.05, 4.69) is 10.3 Å². The van der Waals surface area contributed by atoms with Crippen molar-refractivity contribution in [3.05, 3.63) is 16.1 Å².